The van der Waals surface area contributed by atoms with Crippen molar-refractivity contribution < 1.29 is 14.4 Å². The first-order valence-electron chi connectivity index (χ1n) is 9.09. The molecule has 0 aliphatic carbocycles. The van der Waals surface area contributed by atoms with Crippen molar-refractivity contribution in [2.24, 2.45) is 11.8 Å². The van der Waals surface area contributed by atoms with E-state index in [0.29, 0.717) is 6.54 Å². The highest BCUT2D eigenvalue weighted by molar-refractivity contribution is 7.98. The molecule has 4 atom stereocenters. The van der Waals surface area contributed by atoms with E-state index in [1.807, 2.05) is 30.5 Å². The van der Waals surface area contributed by atoms with Gasteiger partial charge in [-0.2, -0.15) is 11.8 Å². The summed E-state index contributed by atoms with van der Waals surface area (Å²) in [6.07, 6.45) is 4.42. The monoisotopic (exact) mass is 385 g/mol. The number of benzene rings is 1. The molecule has 0 saturated carbocycles. The van der Waals surface area contributed by atoms with Crippen LogP contribution in [0.2, 0.25) is 0 Å². The van der Waals surface area contributed by atoms with E-state index in [2.05, 4.69) is 11.9 Å². The minimum atomic E-state index is -1.18. The van der Waals surface area contributed by atoms with Crippen LogP contribution in [0.3, 0.4) is 0 Å². The summed E-state index contributed by atoms with van der Waals surface area (Å²) >= 11 is 1.69. The van der Waals surface area contributed by atoms with Crippen LogP contribution in [0.1, 0.15) is 12.0 Å². The summed E-state index contributed by atoms with van der Waals surface area (Å²) in [5.74, 6) is -0.975. The molecular formula is C20H23N3O3S. The molecule has 3 amide bonds. The highest BCUT2D eigenvalue weighted by Crippen LogP contribution is 2.54. The molecular weight excluding hydrogens is 362 g/mol. The third-order valence-electron chi connectivity index (χ3n) is 6.03. The van der Waals surface area contributed by atoms with Gasteiger partial charge in [0.15, 0.2) is 0 Å². The third-order valence-corrected chi connectivity index (χ3v) is 6.68. The van der Waals surface area contributed by atoms with Crippen LogP contribution in [-0.2, 0) is 19.9 Å². The van der Waals surface area contributed by atoms with E-state index >= 15 is 0 Å². The van der Waals surface area contributed by atoms with Crippen LogP contribution in [0, 0.1) is 11.8 Å². The van der Waals surface area contributed by atoms with E-state index < -0.39 is 17.4 Å². The zero-order valence-electron chi connectivity index (χ0n) is 15.5. The number of rotatable bonds is 5. The molecule has 0 aromatic heterocycles. The number of nitrogens with zero attached hydrogens (tertiary/aromatic N) is 2. The summed E-state index contributed by atoms with van der Waals surface area (Å²) in [4.78, 5) is 42.4. The van der Waals surface area contributed by atoms with Crippen LogP contribution in [0.25, 0.3) is 0 Å². The zero-order valence-corrected chi connectivity index (χ0v) is 16.3. The van der Waals surface area contributed by atoms with E-state index in [0.717, 1.165) is 23.4 Å². The fraction of sp³-hybridized carbons (Fsp3) is 0.450. The molecule has 3 aliphatic rings. The maximum Gasteiger partial charge on any atom is 0.253 e. The second kappa shape index (κ2) is 6.49. The van der Waals surface area contributed by atoms with Gasteiger partial charge in [0.2, 0.25) is 11.8 Å². The molecule has 1 spiro atoms. The number of likely N-dealkylation sites (tertiary alicyclic amines) is 1. The second-order valence-corrected chi connectivity index (χ2v) is 8.29. The maximum absolute atomic E-state index is 13.6. The van der Waals surface area contributed by atoms with Crippen molar-refractivity contribution in [1.82, 2.24) is 10.2 Å². The summed E-state index contributed by atoms with van der Waals surface area (Å²) in [7, 11) is 1.52. The van der Waals surface area contributed by atoms with Gasteiger partial charge in [-0.15, -0.1) is 6.58 Å². The molecule has 1 aromatic carbocycles. The first-order valence-corrected chi connectivity index (χ1v) is 10.5. The predicted octanol–water partition coefficient (Wildman–Crippen LogP) is 1.37. The van der Waals surface area contributed by atoms with Crippen LogP contribution in [0.4, 0.5) is 5.69 Å². The Morgan fingerprint density at radius 3 is 2.70 bits per heavy atom. The molecule has 0 radical (unpaired) electrons. The van der Waals surface area contributed by atoms with Gasteiger partial charge in [0.05, 0.1) is 11.8 Å². The number of imide groups is 1. The Morgan fingerprint density at radius 1 is 1.26 bits per heavy atom. The normalized spacial score (nSPS) is 31.8. The lowest BCUT2D eigenvalue weighted by molar-refractivity contribution is -0.141. The summed E-state index contributed by atoms with van der Waals surface area (Å²) in [6, 6.07) is 7.34. The average Bonchev–Trinajstić information content (AvgIpc) is 3.22. The number of carbonyl (C=O) groups excluding carboxylic acids is 3. The average molecular weight is 385 g/mol. The lowest BCUT2D eigenvalue weighted by Gasteiger charge is -2.30. The summed E-state index contributed by atoms with van der Waals surface area (Å²) in [6.45, 7) is 4.13. The first kappa shape index (κ1) is 18.3. The van der Waals surface area contributed by atoms with Crippen molar-refractivity contribution >= 4 is 35.2 Å². The maximum atomic E-state index is 13.6. The van der Waals surface area contributed by atoms with Gasteiger partial charge in [-0.3, -0.25) is 24.6 Å². The Morgan fingerprint density at radius 2 is 2.00 bits per heavy atom. The van der Waals surface area contributed by atoms with Crippen molar-refractivity contribution in [2.45, 2.75) is 18.0 Å². The Bertz CT molecular complexity index is 842. The Balaban J connectivity index is 1.88. The SMILES string of the molecule is C=CCN1C(=O)[C@]2(N[C@H](CCSC)[C@H]3C(=O)N(C)C(=O)[C@H]32)c2ccccc21. The zero-order chi connectivity index (χ0) is 19.3. The van der Waals surface area contributed by atoms with E-state index in [9.17, 15) is 14.4 Å². The van der Waals surface area contributed by atoms with Crippen molar-refractivity contribution in [3.8, 4) is 0 Å². The molecule has 1 N–H and O–H groups in total. The minimum absolute atomic E-state index is 0.165. The Labute approximate surface area is 163 Å². The lowest BCUT2D eigenvalue weighted by Crippen LogP contribution is -2.55. The molecule has 27 heavy (non-hydrogen) atoms. The smallest absolute Gasteiger partial charge is 0.253 e. The molecule has 2 fully saturated rings. The number of carbonyl (C=O) groups is 3. The van der Waals surface area contributed by atoms with Crippen molar-refractivity contribution in [2.75, 3.05) is 30.5 Å². The molecule has 2 saturated heterocycles. The fourth-order valence-electron chi connectivity index (χ4n) is 4.89. The van der Waals surface area contributed by atoms with E-state index in [1.54, 1.807) is 22.7 Å². The van der Waals surface area contributed by atoms with Crippen LogP contribution in [0.15, 0.2) is 36.9 Å². The number of nitrogens with one attached hydrogen (secondary N) is 1. The molecule has 6 nitrogen and oxygen atoms in total. The van der Waals surface area contributed by atoms with Crippen LogP contribution in [-0.4, -0.2) is 54.3 Å². The highest BCUT2D eigenvalue weighted by Gasteiger charge is 2.70. The number of fused-ring (bicyclic) bond motifs is 4. The number of para-hydroxylation sites is 1. The Kier molecular flexibility index (Phi) is 4.39. The topological polar surface area (TPSA) is 69.7 Å². The minimum Gasteiger partial charge on any atom is -0.306 e. The molecule has 3 heterocycles. The molecule has 7 heteroatoms. The van der Waals surface area contributed by atoms with Gasteiger partial charge in [0.1, 0.15) is 5.54 Å². The number of hydrogen-bond donors (Lipinski definition) is 1. The molecule has 3 aliphatic heterocycles. The standard InChI is InChI=1S/C20H23N3O3S/c1-4-10-23-14-8-6-5-7-12(14)20(19(23)26)16-15(13(21-20)9-11-27-3)17(24)22(2)18(16)25/h4-8,13,15-16,21H,1,9-11H2,2-3H3/t13-,15-,16+,20+/m1/s1. The van der Waals surface area contributed by atoms with Gasteiger partial charge >= 0.3 is 0 Å². The molecule has 1 aromatic rings. The molecule has 0 bridgehead atoms. The van der Waals surface area contributed by atoms with E-state index in [1.165, 1.54) is 11.9 Å². The largest absolute Gasteiger partial charge is 0.306 e. The lowest BCUT2D eigenvalue weighted by atomic mass is 9.76. The Hall–Kier alpha value is -2.12. The number of thioether (sulfide) groups is 1. The summed E-state index contributed by atoms with van der Waals surface area (Å²) in [5, 5.41) is 3.47. The van der Waals surface area contributed by atoms with Gasteiger partial charge in [-0.1, -0.05) is 24.3 Å². The van der Waals surface area contributed by atoms with Crippen LogP contribution in [0.5, 0.6) is 0 Å². The molecule has 4 rings (SSSR count). The summed E-state index contributed by atoms with van der Waals surface area (Å²) in [5.41, 5.74) is 0.397. The van der Waals surface area contributed by atoms with Gasteiger partial charge < -0.3 is 4.90 Å². The van der Waals surface area contributed by atoms with Gasteiger partial charge in [0, 0.05) is 30.9 Å². The van der Waals surface area contributed by atoms with E-state index in [-0.39, 0.29) is 23.8 Å². The number of anilines is 1. The summed E-state index contributed by atoms with van der Waals surface area (Å²) < 4.78 is 0. The third kappa shape index (κ3) is 2.28. The molecule has 0 unspecified atom stereocenters. The van der Waals surface area contributed by atoms with Crippen LogP contribution < -0.4 is 10.2 Å². The van der Waals surface area contributed by atoms with Crippen molar-refractivity contribution in [3.05, 3.63) is 42.5 Å². The molecule has 142 valence electrons. The quantitative estimate of drug-likeness (QED) is 0.612. The van der Waals surface area contributed by atoms with E-state index in [4.69, 9.17) is 0 Å². The van der Waals surface area contributed by atoms with Crippen molar-refractivity contribution in [3.63, 3.8) is 0 Å². The number of amides is 3. The van der Waals surface area contributed by atoms with Crippen molar-refractivity contribution in [1.29, 1.82) is 0 Å². The number of hydrogen-bond acceptors (Lipinski definition) is 5. The second-order valence-electron chi connectivity index (χ2n) is 7.30. The first-order chi connectivity index (χ1) is 13.0. The van der Waals surface area contributed by atoms with Gasteiger partial charge in [0.25, 0.3) is 5.91 Å². The van der Waals surface area contributed by atoms with Gasteiger partial charge in [-0.05, 0) is 24.5 Å². The van der Waals surface area contributed by atoms with Gasteiger partial charge in [-0.25, -0.2) is 0 Å². The predicted molar refractivity (Wildman–Crippen MR) is 105 cm³/mol. The van der Waals surface area contributed by atoms with Crippen LogP contribution >= 0.6 is 11.8 Å². The highest BCUT2D eigenvalue weighted by atomic mass is 32.2. The fourth-order valence-corrected chi connectivity index (χ4v) is 5.38.